The molecule has 1 heterocycles. The van der Waals surface area contributed by atoms with Crippen molar-refractivity contribution in [1.82, 2.24) is 0 Å². The van der Waals surface area contributed by atoms with E-state index in [1.807, 2.05) is 0 Å². The Hall–Kier alpha value is -1.03. The van der Waals surface area contributed by atoms with E-state index in [1.54, 1.807) is 35.7 Å². The molecule has 1 aromatic carbocycles. The van der Waals surface area contributed by atoms with Gasteiger partial charge in [-0.3, -0.25) is 4.79 Å². The van der Waals surface area contributed by atoms with Gasteiger partial charge in [0, 0.05) is 10.7 Å². The summed E-state index contributed by atoms with van der Waals surface area (Å²) in [7, 11) is 0. The molecule has 1 N–H and O–H groups in total. The Morgan fingerprint density at radius 3 is 2.38 bits per heavy atom. The number of hydrogen-bond acceptors (Lipinski definition) is 2. The van der Waals surface area contributed by atoms with E-state index in [0.717, 1.165) is 0 Å². The van der Waals surface area contributed by atoms with Gasteiger partial charge in [-0.25, -0.2) is 0 Å². The molecule has 0 radical (unpaired) electrons. The van der Waals surface area contributed by atoms with Crippen molar-refractivity contribution in [1.29, 1.82) is 0 Å². The molecule has 0 saturated carbocycles. The third-order valence-electron chi connectivity index (χ3n) is 1.93. The van der Waals surface area contributed by atoms with Gasteiger partial charge in [-0.1, -0.05) is 23.2 Å². The molecule has 0 spiro atoms. The van der Waals surface area contributed by atoms with Crippen molar-refractivity contribution in [2.75, 3.05) is 5.32 Å². The highest BCUT2D eigenvalue weighted by Crippen LogP contribution is 2.23. The summed E-state index contributed by atoms with van der Waals surface area (Å²) in [5.41, 5.74) is 0.693. The lowest BCUT2D eigenvalue weighted by Gasteiger charge is -2.03. The van der Waals surface area contributed by atoms with Crippen molar-refractivity contribution in [3.63, 3.8) is 0 Å². The smallest absolute Gasteiger partial charge is 0.267 e. The maximum Gasteiger partial charge on any atom is 0.267 e. The Bertz CT molecular complexity index is 507. The third-order valence-corrected chi connectivity index (χ3v) is 3.52. The SMILES string of the molecule is O=C(Nc1ccc(Cl)cc1)c1sccc1Cl. The van der Waals surface area contributed by atoms with Crippen LogP contribution in [0.1, 0.15) is 9.67 Å². The van der Waals surface area contributed by atoms with E-state index in [0.29, 0.717) is 20.6 Å². The maximum absolute atomic E-state index is 11.8. The molecule has 0 aliphatic carbocycles. The number of hydrogen-bond donors (Lipinski definition) is 1. The zero-order chi connectivity index (χ0) is 11.5. The number of anilines is 1. The quantitative estimate of drug-likeness (QED) is 0.867. The average molecular weight is 272 g/mol. The molecule has 0 saturated heterocycles. The van der Waals surface area contributed by atoms with E-state index in [-0.39, 0.29) is 5.91 Å². The molecule has 0 aliphatic heterocycles. The van der Waals surface area contributed by atoms with Crippen molar-refractivity contribution < 1.29 is 4.79 Å². The molecule has 0 fully saturated rings. The second kappa shape index (κ2) is 4.87. The molecule has 1 amide bonds. The number of rotatable bonds is 2. The summed E-state index contributed by atoms with van der Waals surface area (Å²) in [5.74, 6) is -0.206. The van der Waals surface area contributed by atoms with Gasteiger partial charge >= 0.3 is 0 Å². The Kier molecular flexibility index (Phi) is 3.49. The first kappa shape index (κ1) is 11.5. The highest BCUT2D eigenvalue weighted by molar-refractivity contribution is 7.12. The van der Waals surface area contributed by atoms with E-state index >= 15 is 0 Å². The zero-order valence-electron chi connectivity index (χ0n) is 8.04. The first-order chi connectivity index (χ1) is 7.66. The van der Waals surface area contributed by atoms with Crippen LogP contribution in [0.3, 0.4) is 0 Å². The molecule has 0 bridgehead atoms. The second-order valence-electron chi connectivity index (χ2n) is 3.06. The summed E-state index contributed by atoms with van der Waals surface area (Å²) in [6.45, 7) is 0. The van der Waals surface area contributed by atoms with Crippen LogP contribution in [0.25, 0.3) is 0 Å². The van der Waals surface area contributed by atoms with Crippen LogP contribution in [-0.4, -0.2) is 5.91 Å². The third kappa shape index (κ3) is 2.55. The molecule has 2 nitrogen and oxygen atoms in total. The topological polar surface area (TPSA) is 29.1 Å². The van der Waals surface area contributed by atoms with Crippen molar-refractivity contribution in [3.8, 4) is 0 Å². The van der Waals surface area contributed by atoms with Gasteiger partial charge in [-0.05, 0) is 35.7 Å². The van der Waals surface area contributed by atoms with Crippen LogP contribution in [0.15, 0.2) is 35.7 Å². The van der Waals surface area contributed by atoms with Crippen LogP contribution >= 0.6 is 34.5 Å². The first-order valence-corrected chi connectivity index (χ1v) is 6.10. The maximum atomic E-state index is 11.8. The van der Waals surface area contributed by atoms with Crippen molar-refractivity contribution >= 4 is 46.1 Å². The first-order valence-electron chi connectivity index (χ1n) is 4.47. The van der Waals surface area contributed by atoms with Gasteiger partial charge in [0.25, 0.3) is 5.91 Å². The molecule has 1 aromatic heterocycles. The van der Waals surface area contributed by atoms with Crippen LogP contribution < -0.4 is 5.32 Å². The van der Waals surface area contributed by atoms with Gasteiger partial charge in [0.2, 0.25) is 0 Å². The lowest BCUT2D eigenvalue weighted by molar-refractivity contribution is 0.103. The molecule has 2 aromatic rings. The van der Waals surface area contributed by atoms with Gasteiger partial charge in [0.05, 0.1) is 5.02 Å². The standard InChI is InChI=1S/C11H7Cl2NOS/c12-7-1-3-8(4-2-7)14-11(15)10-9(13)5-6-16-10/h1-6H,(H,14,15). The molecular weight excluding hydrogens is 265 g/mol. The van der Waals surface area contributed by atoms with Crippen molar-refractivity contribution in [3.05, 3.63) is 50.6 Å². The molecule has 16 heavy (non-hydrogen) atoms. The van der Waals surface area contributed by atoms with Crippen molar-refractivity contribution in [2.24, 2.45) is 0 Å². The van der Waals surface area contributed by atoms with E-state index in [1.165, 1.54) is 11.3 Å². The number of nitrogens with one attached hydrogen (secondary N) is 1. The van der Waals surface area contributed by atoms with E-state index in [2.05, 4.69) is 5.32 Å². The Balaban J connectivity index is 2.14. The molecule has 0 unspecified atom stereocenters. The van der Waals surface area contributed by atoms with Gasteiger partial charge in [-0.15, -0.1) is 11.3 Å². The minimum Gasteiger partial charge on any atom is -0.321 e. The Morgan fingerprint density at radius 2 is 1.81 bits per heavy atom. The molecular formula is C11H7Cl2NOS. The van der Waals surface area contributed by atoms with Gasteiger partial charge < -0.3 is 5.32 Å². The fourth-order valence-electron chi connectivity index (χ4n) is 1.18. The fourth-order valence-corrected chi connectivity index (χ4v) is 2.34. The molecule has 0 atom stereocenters. The number of thiophene rings is 1. The highest BCUT2D eigenvalue weighted by Gasteiger charge is 2.11. The molecule has 5 heteroatoms. The van der Waals surface area contributed by atoms with Crippen LogP contribution in [0.4, 0.5) is 5.69 Å². The molecule has 0 aliphatic rings. The van der Waals surface area contributed by atoms with Gasteiger partial charge in [-0.2, -0.15) is 0 Å². The number of amides is 1. The normalized spacial score (nSPS) is 10.1. The predicted octanol–water partition coefficient (Wildman–Crippen LogP) is 4.31. The minimum absolute atomic E-state index is 0.206. The lowest BCUT2D eigenvalue weighted by atomic mass is 10.3. The monoisotopic (exact) mass is 271 g/mol. The lowest BCUT2D eigenvalue weighted by Crippen LogP contribution is -2.10. The molecule has 82 valence electrons. The van der Waals surface area contributed by atoms with Crippen LogP contribution in [0, 0.1) is 0 Å². The summed E-state index contributed by atoms with van der Waals surface area (Å²) in [5, 5.41) is 5.62. The Morgan fingerprint density at radius 1 is 1.12 bits per heavy atom. The molecule has 2 rings (SSSR count). The number of benzene rings is 1. The van der Waals surface area contributed by atoms with Crippen LogP contribution in [-0.2, 0) is 0 Å². The summed E-state index contributed by atoms with van der Waals surface area (Å²) < 4.78 is 0. The van der Waals surface area contributed by atoms with Crippen molar-refractivity contribution in [2.45, 2.75) is 0 Å². The summed E-state index contributed by atoms with van der Waals surface area (Å²) in [6, 6.07) is 8.60. The average Bonchev–Trinajstić information content (AvgIpc) is 2.68. The summed E-state index contributed by atoms with van der Waals surface area (Å²) in [6.07, 6.45) is 0. The fraction of sp³-hybridized carbons (Fsp3) is 0. The number of halogens is 2. The van der Waals surface area contributed by atoms with Crippen LogP contribution in [0.2, 0.25) is 10.0 Å². The van der Waals surface area contributed by atoms with Gasteiger partial charge in [0.15, 0.2) is 0 Å². The summed E-state index contributed by atoms with van der Waals surface area (Å²) >= 11 is 12.9. The van der Waals surface area contributed by atoms with E-state index < -0.39 is 0 Å². The van der Waals surface area contributed by atoms with E-state index in [9.17, 15) is 4.79 Å². The zero-order valence-corrected chi connectivity index (χ0v) is 10.4. The Labute approximate surface area is 107 Å². The predicted molar refractivity (Wildman–Crippen MR) is 68.7 cm³/mol. The van der Waals surface area contributed by atoms with Gasteiger partial charge in [0.1, 0.15) is 4.88 Å². The van der Waals surface area contributed by atoms with Crippen LogP contribution in [0.5, 0.6) is 0 Å². The van der Waals surface area contributed by atoms with E-state index in [4.69, 9.17) is 23.2 Å². The minimum atomic E-state index is -0.206. The highest BCUT2D eigenvalue weighted by atomic mass is 35.5. The summed E-state index contributed by atoms with van der Waals surface area (Å²) in [4.78, 5) is 12.3. The number of carbonyl (C=O) groups is 1. The largest absolute Gasteiger partial charge is 0.321 e. The number of carbonyl (C=O) groups excluding carboxylic acids is 1. The second-order valence-corrected chi connectivity index (χ2v) is 4.82.